The van der Waals surface area contributed by atoms with Gasteiger partial charge in [-0.2, -0.15) is 0 Å². The molecule has 0 unspecified atom stereocenters. The van der Waals surface area contributed by atoms with Crippen molar-refractivity contribution in [1.29, 1.82) is 0 Å². The molecule has 76 valence electrons. The molecule has 0 saturated heterocycles. The van der Waals surface area contributed by atoms with Gasteiger partial charge in [0.25, 0.3) is 6.47 Å². The van der Waals surface area contributed by atoms with E-state index < -0.39 is 5.97 Å². The van der Waals surface area contributed by atoms with Gasteiger partial charge in [-0.05, 0) is 6.92 Å². The molecule has 0 aliphatic rings. The number of aromatic nitrogens is 1. The zero-order chi connectivity index (χ0) is 10.6. The number of carbonyl (C=O) groups excluding carboxylic acids is 2. The first-order valence-corrected chi connectivity index (χ1v) is 3.94. The van der Waals surface area contributed by atoms with Gasteiger partial charge in [0.15, 0.2) is 5.76 Å². The van der Waals surface area contributed by atoms with E-state index in [9.17, 15) is 9.59 Å². The second-order valence-corrected chi connectivity index (χ2v) is 2.35. The molecule has 1 aromatic rings. The van der Waals surface area contributed by atoms with Crippen LogP contribution in [0.15, 0.2) is 4.52 Å². The monoisotopic (exact) mass is 199 g/mol. The lowest BCUT2D eigenvalue weighted by atomic mass is 10.3. The summed E-state index contributed by atoms with van der Waals surface area (Å²) in [4.78, 5) is 21.3. The number of carbonyl (C=O) groups is 2. The van der Waals surface area contributed by atoms with Gasteiger partial charge in [0.2, 0.25) is 11.4 Å². The van der Waals surface area contributed by atoms with Crippen LogP contribution in [0, 0.1) is 6.92 Å². The molecule has 14 heavy (non-hydrogen) atoms. The summed E-state index contributed by atoms with van der Waals surface area (Å²) in [5.74, 6) is -0.431. The Hall–Kier alpha value is -1.85. The maximum atomic E-state index is 11.2. The number of ether oxygens (including phenoxy) is 2. The van der Waals surface area contributed by atoms with E-state index in [2.05, 4.69) is 19.2 Å². The minimum absolute atomic E-state index is 0.00144. The molecule has 0 N–H and O–H groups in total. The van der Waals surface area contributed by atoms with Crippen molar-refractivity contribution < 1.29 is 23.6 Å². The number of aryl methyl sites for hydroxylation is 1. The van der Waals surface area contributed by atoms with E-state index in [1.54, 1.807) is 6.92 Å². The third kappa shape index (κ3) is 1.90. The molecular weight excluding hydrogens is 190 g/mol. The first-order chi connectivity index (χ1) is 6.70. The van der Waals surface area contributed by atoms with Crippen molar-refractivity contribution in [2.45, 2.75) is 13.8 Å². The summed E-state index contributed by atoms with van der Waals surface area (Å²) in [5.41, 5.74) is -0.128. The van der Waals surface area contributed by atoms with Crippen molar-refractivity contribution in [3.05, 3.63) is 11.5 Å². The third-order valence-corrected chi connectivity index (χ3v) is 1.44. The Bertz CT molecular complexity index is 344. The lowest BCUT2D eigenvalue weighted by Crippen LogP contribution is -2.07. The highest BCUT2D eigenvalue weighted by atomic mass is 16.6. The van der Waals surface area contributed by atoms with E-state index in [1.165, 1.54) is 6.92 Å². The van der Waals surface area contributed by atoms with E-state index >= 15 is 0 Å². The average molecular weight is 199 g/mol. The van der Waals surface area contributed by atoms with Gasteiger partial charge in [-0.25, -0.2) is 4.79 Å². The molecule has 0 atom stereocenters. The first-order valence-electron chi connectivity index (χ1n) is 3.94. The van der Waals surface area contributed by atoms with Crippen molar-refractivity contribution in [3.8, 4) is 5.75 Å². The molecular formula is C8H9NO5. The molecule has 0 saturated carbocycles. The second kappa shape index (κ2) is 4.40. The normalized spacial score (nSPS) is 9.57. The fraction of sp³-hybridized carbons (Fsp3) is 0.375. The average Bonchev–Trinajstić information content (AvgIpc) is 2.50. The molecule has 0 bridgehead atoms. The molecule has 0 radical (unpaired) electrons. The van der Waals surface area contributed by atoms with Crippen molar-refractivity contribution in [2.75, 3.05) is 6.61 Å². The van der Waals surface area contributed by atoms with Crippen LogP contribution < -0.4 is 4.74 Å². The zero-order valence-corrected chi connectivity index (χ0v) is 7.77. The highest BCUT2D eigenvalue weighted by Crippen LogP contribution is 2.22. The fourth-order valence-electron chi connectivity index (χ4n) is 0.880. The van der Waals surface area contributed by atoms with Crippen molar-refractivity contribution in [1.82, 2.24) is 5.16 Å². The van der Waals surface area contributed by atoms with Crippen LogP contribution in [0.1, 0.15) is 23.2 Å². The zero-order valence-electron chi connectivity index (χ0n) is 7.77. The van der Waals surface area contributed by atoms with Crippen LogP contribution in [0.4, 0.5) is 0 Å². The standard InChI is InChI=1S/C8H9NO5/c1-3-12-8(11)6-7(13-4-10)5(2)14-9-6/h4H,3H2,1-2H3. The van der Waals surface area contributed by atoms with Gasteiger partial charge in [-0.1, -0.05) is 5.16 Å². The van der Waals surface area contributed by atoms with Crippen LogP contribution >= 0.6 is 0 Å². The van der Waals surface area contributed by atoms with Gasteiger partial charge >= 0.3 is 5.97 Å². The molecule has 0 fully saturated rings. The number of nitrogens with zero attached hydrogens (tertiary/aromatic N) is 1. The smallest absolute Gasteiger partial charge is 0.364 e. The van der Waals surface area contributed by atoms with Crippen LogP contribution in [-0.2, 0) is 9.53 Å². The summed E-state index contributed by atoms with van der Waals surface area (Å²) >= 11 is 0. The quantitative estimate of drug-likeness (QED) is 0.524. The molecule has 0 spiro atoms. The number of esters is 1. The summed E-state index contributed by atoms with van der Waals surface area (Å²) < 4.78 is 13.9. The van der Waals surface area contributed by atoms with Crippen molar-refractivity contribution >= 4 is 12.4 Å². The third-order valence-electron chi connectivity index (χ3n) is 1.44. The van der Waals surface area contributed by atoms with Gasteiger partial charge in [-0.3, -0.25) is 4.79 Å². The molecule has 1 aromatic heterocycles. The number of hydrogen-bond acceptors (Lipinski definition) is 6. The Kier molecular flexibility index (Phi) is 3.22. The highest BCUT2D eigenvalue weighted by Gasteiger charge is 2.22. The highest BCUT2D eigenvalue weighted by molar-refractivity contribution is 5.90. The van der Waals surface area contributed by atoms with E-state index in [-0.39, 0.29) is 30.3 Å². The maximum absolute atomic E-state index is 11.2. The van der Waals surface area contributed by atoms with Gasteiger partial charge < -0.3 is 14.0 Å². The number of hydrogen-bond donors (Lipinski definition) is 0. The van der Waals surface area contributed by atoms with Crippen LogP contribution in [-0.4, -0.2) is 24.2 Å². The molecule has 0 aliphatic heterocycles. The van der Waals surface area contributed by atoms with Gasteiger partial charge in [0.1, 0.15) is 0 Å². The largest absolute Gasteiger partial charge is 0.461 e. The lowest BCUT2D eigenvalue weighted by molar-refractivity contribution is -0.120. The predicted molar refractivity (Wildman–Crippen MR) is 43.9 cm³/mol. The second-order valence-electron chi connectivity index (χ2n) is 2.35. The van der Waals surface area contributed by atoms with Gasteiger partial charge in [0.05, 0.1) is 6.61 Å². The minimum atomic E-state index is -0.679. The summed E-state index contributed by atoms with van der Waals surface area (Å²) in [7, 11) is 0. The topological polar surface area (TPSA) is 78.6 Å². The molecule has 0 aliphatic carbocycles. The van der Waals surface area contributed by atoms with E-state index in [0.717, 1.165) is 0 Å². The van der Waals surface area contributed by atoms with E-state index in [1.807, 2.05) is 0 Å². The van der Waals surface area contributed by atoms with Gasteiger partial charge in [-0.15, -0.1) is 0 Å². The van der Waals surface area contributed by atoms with Crippen molar-refractivity contribution in [3.63, 3.8) is 0 Å². The van der Waals surface area contributed by atoms with E-state index in [0.29, 0.717) is 0 Å². The molecule has 1 heterocycles. The fourth-order valence-corrected chi connectivity index (χ4v) is 0.880. The lowest BCUT2D eigenvalue weighted by Gasteiger charge is -1.98. The maximum Gasteiger partial charge on any atom is 0.364 e. The minimum Gasteiger partial charge on any atom is -0.461 e. The Morgan fingerprint density at radius 1 is 1.64 bits per heavy atom. The Balaban J connectivity index is 2.95. The summed E-state index contributed by atoms with van der Waals surface area (Å²) in [5, 5.41) is 3.42. The molecule has 0 aromatic carbocycles. The Morgan fingerprint density at radius 3 is 2.93 bits per heavy atom. The molecule has 6 heteroatoms. The summed E-state index contributed by atoms with van der Waals surface area (Å²) in [6.45, 7) is 3.59. The molecule has 6 nitrogen and oxygen atoms in total. The van der Waals surface area contributed by atoms with Crippen LogP contribution in [0.2, 0.25) is 0 Å². The van der Waals surface area contributed by atoms with Crippen LogP contribution in [0.5, 0.6) is 5.75 Å². The Labute approximate surface area is 79.8 Å². The van der Waals surface area contributed by atoms with Crippen LogP contribution in [0.3, 0.4) is 0 Å². The SMILES string of the molecule is CCOC(=O)c1noc(C)c1OC=O. The molecule has 0 amide bonds. The number of rotatable bonds is 4. The summed E-state index contributed by atoms with van der Waals surface area (Å²) in [6, 6.07) is 0. The first kappa shape index (κ1) is 10.2. The predicted octanol–water partition coefficient (Wildman–Crippen LogP) is 0.695. The molecule has 1 rings (SSSR count). The van der Waals surface area contributed by atoms with E-state index in [4.69, 9.17) is 0 Å². The summed E-state index contributed by atoms with van der Waals surface area (Å²) in [6.07, 6.45) is 0. The Morgan fingerprint density at radius 2 is 2.36 bits per heavy atom. The van der Waals surface area contributed by atoms with Gasteiger partial charge in [0, 0.05) is 6.92 Å². The van der Waals surface area contributed by atoms with Crippen molar-refractivity contribution in [2.24, 2.45) is 0 Å². The van der Waals surface area contributed by atoms with Crippen LogP contribution in [0.25, 0.3) is 0 Å².